The first-order chi connectivity index (χ1) is 8.24. The Bertz CT molecular complexity index is 424. The molecule has 1 saturated carbocycles. The summed E-state index contributed by atoms with van der Waals surface area (Å²) in [4.78, 5) is 18.4. The quantitative estimate of drug-likeness (QED) is 0.844. The van der Waals surface area contributed by atoms with E-state index in [-0.39, 0.29) is 5.91 Å². The second kappa shape index (κ2) is 4.13. The molecule has 1 saturated heterocycles. The summed E-state index contributed by atoms with van der Waals surface area (Å²) in [6.07, 6.45) is 4.64. The van der Waals surface area contributed by atoms with Crippen LogP contribution in [0.5, 0.6) is 0 Å². The molecule has 92 valence electrons. The van der Waals surface area contributed by atoms with Crippen LogP contribution in [0.4, 0.5) is 0 Å². The molecule has 1 amide bonds. The Morgan fingerprint density at radius 1 is 1.41 bits per heavy atom. The normalized spacial score (nSPS) is 25.0. The first-order valence-electron chi connectivity index (χ1n) is 6.45. The molecule has 1 N–H and O–H groups in total. The fourth-order valence-corrected chi connectivity index (χ4v) is 2.42. The van der Waals surface area contributed by atoms with Crippen LogP contribution in [-0.2, 0) is 0 Å². The van der Waals surface area contributed by atoms with Crippen molar-refractivity contribution in [2.24, 2.45) is 5.92 Å². The van der Waals surface area contributed by atoms with Crippen LogP contribution in [0.1, 0.15) is 55.0 Å². The highest BCUT2D eigenvalue weighted by Crippen LogP contribution is 2.37. The molecular weight excluding hydrogens is 216 g/mol. The highest BCUT2D eigenvalue weighted by Gasteiger charge is 2.30. The van der Waals surface area contributed by atoms with Crippen LogP contribution in [0, 0.1) is 5.92 Å². The molecule has 1 unspecified atom stereocenters. The predicted molar refractivity (Wildman–Crippen MR) is 62.7 cm³/mol. The number of piperidine rings is 1. The maximum Gasteiger partial charge on any atom is 0.293 e. The van der Waals surface area contributed by atoms with Gasteiger partial charge in [-0.1, -0.05) is 6.92 Å². The Labute approximate surface area is 101 Å². The lowest BCUT2D eigenvalue weighted by Crippen LogP contribution is -2.39. The van der Waals surface area contributed by atoms with Gasteiger partial charge in [-0.2, -0.15) is 0 Å². The van der Waals surface area contributed by atoms with Crippen molar-refractivity contribution in [2.75, 3.05) is 13.1 Å². The summed E-state index contributed by atoms with van der Waals surface area (Å²) < 4.78 is 0. The van der Waals surface area contributed by atoms with Gasteiger partial charge in [-0.25, -0.2) is 4.98 Å². The molecule has 0 radical (unpaired) electrons. The lowest BCUT2D eigenvalue weighted by molar-refractivity contribution is 0.0671. The fourth-order valence-electron chi connectivity index (χ4n) is 2.42. The topological polar surface area (TPSA) is 61.9 Å². The largest absolute Gasteiger partial charge is 0.336 e. The number of aromatic amines is 1. The average molecular weight is 234 g/mol. The summed E-state index contributed by atoms with van der Waals surface area (Å²) in [5.41, 5.74) is 0. The summed E-state index contributed by atoms with van der Waals surface area (Å²) in [6, 6.07) is 0. The van der Waals surface area contributed by atoms with E-state index in [2.05, 4.69) is 22.1 Å². The van der Waals surface area contributed by atoms with Crippen molar-refractivity contribution in [2.45, 2.75) is 38.5 Å². The van der Waals surface area contributed by atoms with E-state index in [9.17, 15) is 4.79 Å². The molecule has 2 fully saturated rings. The highest BCUT2D eigenvalue weighted by atomic mass is 16.2. The van der Waals surface area contributed by atoms with Gasteiger partial charge in [0.15, 0.2) is 0 Å². The van der Waals surface area contributed by atoms with Crippen molar-refractivity contribution in [1.29, 1.82) is 0 Å². The third-order valence-electron chi connectivity index (χ3n) is 3.60. The van der Waals surface area contributed by atoms with Crippen LogP contribution in [0.3, 0.4) is 0 Å². The minimum absolute atomic E-state index is 0.0142. The van der Waals surface area contributed by atoms with E-state index in [1.165, 1.54) is 19.3 Å². The second-order valence-electron chi connectivity index (χ2n) is 5.32. The van der Waals surface area contributed by atoms with Crippen LogP contribution in [0.2, 0.25) is 0 Å². The van der Waals surface area contributed by atoms with E-state index in [1.54, 1.807) is 0 Å². The Hall–Kier alpha value is -1.39. The van der Waals surface area contributed by atoms with Gasteiger partial charge in [0.05, 0.1) is 0 Å². The van der Waals surface area contributed by atoms with Crippen molar-refractivity contribution < 1.29 is 4.79 Å². The number of carbonyl (C=O) groups excluding carboxylic acids is 1. The molecule has 0 bridgehead atoms. The van der Waals surface area contributed by atoms with E-state index in [0.717, 1.165) is 25.3 Å². The van der Waals surface area contributed by atoms with Crippen LogP contribution < -0.4 is 0 Å². The minimum Gasteiger partial charge on any atom is -0.336 e. The SMILES string of the molecule is CC1CCCN(C(=O)c2n[nH]c(C3CC3)n2)C1. The third kappa shape index (κ3) is 2.18. The fraction of sp³-hybridized carbons (Fsp3) is 0.750. The number of hydrogen-bond donors (Lipinski definition) is 1. The van der Waals surface area contributed by atoms with Crippen LogP contribution in [-0.4, -0.2) is 39.1 Å². The lowest BCUT2D eigenvalue weighted by atomic mass is 10.0. The van der Waals surface area contributed by atoms with E-state index >= 15 is 0 Å². The van der Waals surface area contributed by atoms with Gasteiger partial charge >= 0.3 is 0 Å². The zero-order valence-electron chi connectivity index (χ0n) is 10.1. The van der Waals surface area contributed by atoms with E-state index in [0.29, 0.717) is 17.7 Å². The molecule has 3 rings (SSSR count). The smallest absolute Gasteiger partial charge is 0.293 e. The predicted octanol–water partition coefficient (Wildman–Crippen LogP) is 1.55. The first-order valence-corrected chi connectivity index (χ1v) is 6.45. The average Bonchev–Trinajstić information content (AvgIpc) is 3.07. The van der Waals surface area contributed by atoms with Crippen molar-refractivity contribution in [1.82, 2.24) is 20.1 Å². The summed E-state index contributed by atoms with van der Waals surface area (Å²) >= 11 is 0. The third-order valence-corrected chi connectivity index (χ3v) is 3.60. The Kier molecular flexibility index (Phi) is 2.61. The Morgan fingerprint density at radius 3 is 2.94 bits per heavy atom. The monoisotopic (exact) mass is 234 g/mol. The van der Waals surface area contributed by atoms with Crippen LogP contribution in [0.25, 0.3) is 0 Å². The highest BCUT2D eigenvalue weighted by molar-refractivity contribution is 5.90. The zero-order valence-corrected chi connectivity index (χ0v) is 10.1. The van der Waals surface area contributed by atoms with Crippen LogP contribution in [0.15, 0.2) is 0 Å². The molecule has 2 aliphatic rings. The van der Waals surface area contributed by atoms with E-state index in [4.69, 9.17) is 0 Å². The molecule has 17 heavy (non-hydrogen) atoms. The van der Waals surface area contributed by atoms with Gasteiger partial charge in [0.25, 0.3) is 5.91 Å². The molecule has 5 heteroatoms. The molecule has 2 heterocycles. The summed E-state index contributed by atoms with van der Waals surface area (Å²) in [7, 11) is 0. The lowest BCUT2D eigenvalue weighted by Gasteiger charge is -2.29. The molecule has 0 aromatic carbocycles. The number of aromatic nitrogens is 3. The molecule has 1 atom stereocenters. The molecule has 1 aromatic heterocycles. The number of nitrogens with one attached hydrogen (secondary N) is 1. The number of amides is 1. The van der Waals surface area contributed by atoms with Crippen molar-refractivity contribution in [3.63, 3.8) is 0 Å². The summed E-state index contributed by atoms with van der Waals surface area (Å²) in [5, 5.41) is 6.94. The van der Waals surface area contributed by atoms with Gasteiger partial charge in [0.1, 0.15) is 5.82 Å². The zero-order chi connectivity index (χ0) is 11.8. The number of hydrogen-bond acceptors (Lipinski definition) is 3. The Morgan fingerprint density at radius 2 is 2.24 bits per heavy atom. The molecule has 1 aliphatic heterocycles. The molecule has 0 spiro atoms. The molecule has 1 aliphatic carbocycles. The van der Waals surface area contributed by atoms with Gasteiger partial charge in [-0.05, 0) is 31.6 Å². The first kappa shape index (κ1) is 10.7. The number of likely N-dealkylation sites (tertiary alicyclic amines) is 1. The van der Waals surface area contributed by atoms with Crippen LogP contribution >= 0.6 is 0 Å². The van der Waals surface area contributed by atoms with Gasteiger partial charge < -0.3 is 4.90 Å². The summed E-state index contributed by atoms with van der Waals surface area (Å²) in [6.45, 7) is 3.87. The standard InChI is InChI=1S/C12H18N4O/c1-8-3-2-6-16(7-8)12(17)11-13-10(14-15-11)9-4-5-9/h8-9H,2-7H2,1H3,(H,13,14,15). The molecular formula is C12H18N4O. The van der Waals surface area contributed by atoms with E-state index in [1.807, 2.05) is 4.90 Å². The van der Waals surface area contributed by atoms with Gasteiger partial charge in [0.2, 0.25) is 5.82 Å². The minimum atomic E-state index is -0.0142. The number of carbonyl (C=O) groups is 1. The second-order valence-corrected chi connectivity index (χ2v) is 5.32. The molecule has 1 aromatic rings. The van der Waals surface area contributed by atoms with Crippen molar-refractivity contribution >= 4 is 5.91 Å². The van der Waals surface area contributed by atoms with Crippen molar-refractivity contribution in [3.05, 3.63) is 11.6 Å². The Balaban J connectivity index is 1.71. The maximum atomic E-state index is 12.2. The number of rotatable bonds is 2. The van der Waals surface area contributed by atoms with E-state index < -0.39 is 0 Å². The maximum absolute atomic E-state index is 12.2. The summed E-state index contributed by atoms with van der Waals surface area (Å²) in [5.74, 6) is 2.33. The van der Waals surface area contributed by atoms with Gasteiger partial charge in [-0.15, -0.1) is 5.10 Å². The van der Waals surface area contributed by atoms with Gasteiger partial charge in [0, 0.05) is 19.0 Å². The van der Waals surface area contributed by atoms with Crippen molar-refractivity contribution in [3.8, 4) is 0 Å². The number of nitrogens with zero attached hydrogens (tertiary/aromatic N) is 3. The molecule has 5 nitrogen and oxygen atoms in total. The number of H-pyrrole nitrogens is 1. The van der Waals surface area contributed by atoms with Gasteiger partial charge in [-0.3, -0.25) is 9.89 Å².